The van der Waals surface area contributed by atoms with E-state index in [9.17, 15) is 0 Å². The highest BCUT2D eigenvalue weighted by molar-refractivity contribution is 9.10. The summed E-state index contributed by atoms with van der Waals surface area (Å²) >= 11 is 3.55. The normalized spacial score (nSPS) is 15.1. The summed E-state index contributed by atoms with van der Waals surface area (Å²) in [5, 5.41) is 0. The third-order valence-corrected chi connectivity index (χ3v) is 3.34. The van der Waals surface area contributed by atoms with Gasteiger partial charge in [-0.1, -0.05) is 22.0 Å². The van der Waals surface area contributed by atoms with E-state index in [1.165, 1.54) is 27.7 Å². The van der Waals surface area contributed by atoms with Gasteiger partial charge in [0.2, 0.25) is 0 Å². The summed E-state index contributed by atoms with van der Waals surface area (Å²) in [6, 6.07) is 4.50. The fraction of sp³-hybridized carbons (Fsp3) is 0.400. The molecule has 64 valence electrons. The number of likely N-dealkylation sites (N-methyl/N-ethyl adjacent to an activating group) is 1. The Hall–Kier alpha value is -0.500. The van der Waals surface area contributed by atoms with Crippen molar-refractivity contribution in [1.29, 1.82) is 0 Å². The number of benzene rings is 1. The Morgan fingerprint density at radius 1 is 1.42 bits per heavy atom. The van der Waals surface area contributed by atoms with E-state index in [1.54, 1.807) is 0 Å². The largest absolute Gasteiger partial charge is 0.374 e. The molecule has 1 aliphatic heterocycles. The Morgan fingerprint density at radius 2 is 2.17 bits per heavy atom. The van der Waals surface area contributed by atoms with Crippen LogP contribution in [0.3, 0.4) is 0 Å². The van der Waals surface area contributed by atoms with Crippen LogP contribution in [0.2, 0.25) is 0 Å². The van der Waals surface area contributed by atoms with Crippen LogP contribution >= 0.6 is 15.9 Å². The monoisotopic (exact) mass is 225 g/mol. The fourth-order valence-electron chi connectivity index (χ4n) is 1.69. The molecule has 0 fully saturated rings. The second-order valence-corrected chi connectivity index (χ2v) is 4.26. The lowest BCUT2D eigenvalue weighted by Gasteiger charge is -2.12. The van der Waals surface area contributed by atoms with E-state index in [0.717, 1.165) is 6.54 Å². The molecule has 2 heteroatoms. The van der Waals surface area contributed by atoms with E-state index >= 15 is 0 Å². The first-order valence-corrected chi connectivity index (χ1v) is 4.98. The highest BCUT2D eigenvalue weighted by atomic mass is 79.9. The first kappa shape index (κ1) is 8.11. The molecule has 0 saturated carbocycles. The second-order valence-electron chi connectivity index (χ2n) is 3.40. The first-order valence-electron chi connectivity index (χ1n) is 4.18. The van der Waals surface area contributed by atoms with Gasteiger partial charge in [0.1, 0.15) is 0 Å². The van der Waals surface area contributed by atoms with Gasteiger partial charge in [0.15, 0.2) is 0 Å². The predicted octanol–water partition coefficient (Wildman–Crippen LogP) is 2.75. The number of halogens is 1. The van der Waals surface area contributed by atoms with Gasteiger partial charge in [0.25, 0.3) is 0 Å². The van der Waals surface area contributed by atoms with Gasteiger partial charge >= 0.3 is 0 Å². The van der Waals surface area contributed by atoms with Gasteiger partial charge in [-0.15, -0.1) is 0 Å². The number of rotatable bonds is 0. The summed E-state index contributed by atoms with van der Waals surface area (Å²) < 4.78 is 1.22. The summed E-state index contributed by atoms with van der Waals surface area (Å²) in [4.78, 5) is 2.31. The summed E-state index contributed by atoms with van der Waals surface area (Å²) in [5.74, 6) is 0. The van der Waals surface area contributed by atoms with Gasteiger partial charge in [-0.3, -0.25) is 0 Å². The Morgan fingerprint density at radius 3 is 2.92 bits per heavy atom. The van der Waals surface area contributed by atoms with Crippen LogP contribution < -0.4 is 4.90 Å². The van der Waals surface area contributed by atoms with Crippen molar-refractivity contribution < 1.29 is 0 Å². The third-order valence-electron chi connectivity index (χ3n) is 2.49. The lowest BCUT2D eigenvalue weighted by atomic mass is 10.1. The number of anilines is 1. The molecule has 1 nitrogen and oxygen atoms in total. The molecule has 0 atom stereocenters. The van der Waals surface area contributed by atoms with Gasteiger partial charge < -0.3 is 4.90 Å². The third kappa shape index (κ3) is 1.14. The zero-order chi connectivity index (χ0) is 8.72. The predicted molar refractivity (Wildman–Crippen MR) is 55.9 cm³/mol. The van der Waals surface area contributed by atoms with Gasteiger partial charge in [0, 0.05) is 23.8 Å². The summed E-state index contributed by atoms with van der Waals surface area (Å²) in [7, 11) is 2.15. The smallest absolute Gasteiger partial charge is 0.0408 e. The highest BCUT2D eigenvalue weighted by Gasteiger charge is 2.16. The molecule has 1 aliphatic rings. The first-order chi connectivity index (χ1) is 5.68. The van der Waals surface area contributed by atoms with Crippen LogP contribution in [0, 0.1) is 6.92 Å². The van der Waals surface area contributed by atoms with Gasteiger partial charge in [0.05, 0.1) is 0 Å². The Labute approximate surface area is 81.5 Å². The molecule has 1 aromatic carbocycles. The summed E-state index contributed by atoms with van der Waals surface area (Å²) in [5.41, 5.74) is 4.20. The molecule has 0 amide bonds. The Bertz CT molecular complexity index is 320. The molecule has 0 N–H and O–H groups in total. The van der Waals surface area contributed by atoms with Crippen molar-refractivity contribution in [1.82, 2.24) is 0 Å². The maximum atomic E-state index is 3.55. The molecule has 0 radical (unpaired) electrons. The molecular weight excluding hydrogens is 214 g/mol. The minimum Gasteiger partial charge on any atom is -0.374 e. The molecule has 0 spiro atoms. The summed E-state index contributed by atoms with van der Waals surface area (Å²) in [6.07, 6.45) is 1.19. The van der Waals surface area contributed by atoms with E-state index in [0.29, 0.717) is 0 Å². The van der Waals surface area contributed by atoms with E-state index in [1.807, 2.05) is 0 Å². The molecule has 1 heterocycles. The zero-order valence-electron chi connectivity index (χ0n) is 7.39. The lowest BCUT2D eigenvalue weighted by molar-refractivity contribution is 0.956. The van der Waals surface area contributed by atoms with E-state index < -0.39 is 0 Å². The van der Waals surface area contributed by atoms with Crippen LogP contribution in [0.4, 0.5) is 5.69 Å². The molecule has 0 bridgehead atoms. The van der Waals surface area contributed by atoms with Crippen LogP contribution in [0.25, 0.3) is 0 Å². The molecule has 0 saturated heterocycles. The molecule has 12 heavy (non-hydrogen) atoms. The van der Waals surface area contributed by atoms with Gasteiger partial charge in [-0.2, -0.15) is 0 Å². The number of aryl methyl sites for hydroxylation is 1. The highest BCUT2D eigenvalue weighted by Crippen LogP contribution is 2.31. The Balaban J connectivity index is 2.56. The van der Waals surface area contributed by atoms with Crippen LogP contribution in [-0.4, -0.2) is 13.6 Å². The number of hydrogen-bond acceptors (Lipinski definition) is 1. The van der Waals surface area contributed by atoms with E-state index in [4.69, 9.17) is 0 Å². The average molecular weight is 226 g/mol. The maximum absolute atomic E-state index is 3.55. The molecule has 1 aromatic rings. The van der Waals surface area contributed by atoms with Crippen molar-refractivity contribution >= 4 is 21.6 Å². The van der Waals surface area contributed by atoms with Crippen LogP contribution in [0.1, 0.15) is 11.1 Å². The lowest BCUT2D eigenvalue weighted by Crippen LogP contribution is -2.12. The van der Waals surface area contributed by atoms with Crippen molar-refractivity contribution in [3.63, 3.8) is 0 Å². The van der Waals surface area contributed by atoms with Crippen LogP contribution in [0.15, 0.2) is 16.6 Å². The molecule has 0 aromatic heterocycles. The van der Waals surface area contributed by atoms with Gasteiger partial charge in [-0.05, 0) is 30.5 Å². The van der Waals surface area contributed by atoms with E-state index in [2.05, 4.69) is 46.9 Å². The minimum absolute atomic E-state index is 1.16. The average Bonchev–Trinajstić information content (AvgIpc) is 2.35. The molecule has 2 rings (SSSR count). The van der Waals surface area contributed by atoms with Crippen molar-refractivity contribution in [2.75, 3.05) is 18.5 Å². The van der Waals surface area contributed by atoms with Crippen molar-refractivity contribution in [2.24, 2.45) is 0 Å². The number of hydrogen-bond donors (Lipinski definition) is 0. The number of nitrogens with zero attached hydrogens (tertiary/aromatic N) is 1. The summed E-state index contributed by atoms with van der Waals surface area (Å²) in [6.45, 7) is 3.30. The molecule has 0 aliphatic carbocycles. The molecular formula is C10H12BrN. The van der Waals surface area contributed by atoms with Crippen LogP contribution in [-0.2, 0) is 6.42 Å². The zero-order valence-corrected chi connectivity index (χ0v) is 8.98. The van der Waals surface area contributed by atoms with Crippen molar-refractivity contribution in [3.8, 4) is 0 Å². The number of fused-ring (bicyclic) bond motifs is 1. The Kier molecular flexibility index (Phi) is 1.87. The van der Waals surface area contributed by atoms with E-state index in [-0.39, 0.29) is 0 Å². The molecule has 0 unspecified atom stereocenters. The quantitative estimate of drug-likeness (QED) is 0.657. The fourth-order valence-corrected chi connectivity index (χ4v) is 2.03. The SMILES string of the molecule is Cc1cc2c(cc1Br)N(C)CC2. The van der Waals surface area contributed by atoms with Crippen molar-refractivity contribution in [3.05, 3.63) is 27.7 Å². The topological polar surface area (TPSA) is 3.24 Å². The van der Waals surface area contributed by atoms with Crippen LogP contribution in [0.5, 0.6) is 0 Å². The second kappa shape index (κ2) is 2.77. The van der Waals surface area contributed by atoms with Crippen molar-refractivity contribution in [2.45, 2.75) is 13.3 Å². The van der Waals surface area contributed by atoms with Gasteiger partial charge in [-0.25, -0.2) is 0 Å². The minimum atomic E-state index is 1.16. The standard InChI is InChI=1S/C10H12BrN/c1-7-5-8-3-4-12(2)10(8)6-9(7)11/h5-6H,3-4H2,1-2H3. The maximum Gasteiger partial charge on any atom is 0.0408 e.